The van der Waals surface area contributed by atoms with E-state index < -0.39 is 12.3 Å². The summed E-state index contributed by atoms with van der Waals surface area (Å²) in [6, 6.07) is 0. The Morgan fingerprint density at radius 1 is 1.21 bits per heavy atom. The Hall–Kier alpha value is -0.290. The fourth-order valence-corrected chi connectivity index (χ4v) is 1.21. The van der Waals surface area contributed by atoms with E-state index in [1.165, 1.54) is 0 Å². The first kappa shape index (κ1) is 13.7. The highest BCUT2D eigenvalue weighted by atomic mass is 19.4. The minimum atomic E-state index is -4.48. The topological polar surface area (TPSA) is 23.5 Å². The smallest absolute Gasteiger partial charge is 0.384 e. The van der Waals surface area contributed by atoms with E-state index in [-0.39, 0.29) is 6.42 Å². The van der Waals surface area contributed by atoms with Crippen LogP contribution in [0.15, 0.2) is 0 Å². The first-order valence-electron chi connectivity index (χ1n) is 4.88. The third-order valence-corrected chi connectivity index (χ3v) is 2.08. The molecule has 0 aliphatic rings. The van der Waals surface area contributed by atoms with Gasteiger partial charge in [0.05, 0.1) is 0 Å². The molecular formula is C9H18F3NO. The van der Waals surface area contributed by atoms with Gasteiger partial charge >= 0.3 is 6.18 Å². The van der Waals surface area contributed by atoms with Crippen molar-refractivity contribution >= 4 is 0 Å². The Morgan fingerprint density at radius 3 is 2.14 bits per heavy atom. The summed E-state index contributed by atoms with van der Waals surface area (Å²) in [5.41, 5.74) is 0. The summed E-state index contributed by atoms with van der Waals surface area (Å²) >= 11 is 0. The molecule has 0 aliphatic heterocycles. The average Bonchev–Trinajstić information content (AvgIpc) is 2.10. The predicted molar refractivity (Wildman–Crippen MR) is 49.1 cm³/mol. The van der Waals surface area contributed by atoms with Crippen LogP contribution in [0.25, 0.3) is 0 Å². The third-order valence-electron chi connectivity index (χ3n) is 2.08. The summed E-state index contributed by atoms with van der Waals surface area (Å²) in [4.78, 5) is 1.90. The van der Waals surface area contributed by atoms with Crippen LogP contribution in [0.4, 0.5) is 13.2 Å². The SMILES string of the molecule is CCCN(CC)CCC(O)C(F)(F)F. The molecule has 0 aromatic rings. The number of aliphatic hydroxyl groups is 1. The Balaban J connectivity index is 3.79. The van der Waals surface area contributed by atoms with E-state index >= 15 is 0 Å². The molecular weight excluding hydrogens is 195 g/mol. The molecule has 0 heterocycles. The van der Waals surface area contributed by atoms with Crippen molar-refractivity contribution in [2.24, 2.45) is 0 Å². The van der Waals surface area contributed by atoms with Crippen LogP contribution in [0.1, 0.15) is 26.7 Å². The lowest BCUT2D eigenvalue weighted by molar-refractivity contribution is -0.206. The van der Waals surface area contributed by atoms with Crippen LogP contribution in [-0.4, -0.2) is 41.9 Å². The molecule has 1 unspecified atom stereocenters. The monoisotopic (exact) mass is 213 g/mol. The van der Waals surface area contributed by atoms with Crippen molar-refractivity contribution in [3.05, 3.63) is 0 Å². The Morgan fingerprint density at radius 2 is 1.79 bits per heavy atom. The zero-order valence-electron chi connectivity index (χ0n) is 8.64. The van der Waals surface area contributed by atoms with Crippen molar-refractivity contribution in [3.8, 4) is 0 Å². The van der Waals surface area contributed by atoms with Gasteiger partial charge in [0, 0.05) is 6.54 Å². The highest BCUT2D eigenvalue weighted by molar-refractivity contribution is 4.67. The highest BCUT2D eigenvalue weighted by Gasteiger charge is 2.37. The van der Waals surface area contributed by atoms with Crippen LogP contribution in [0.3, 0.4) is 0 Å². The van der Waals surface area contributed by atoms with Crippen molar-refractivity contribution in [2.75, 3.05) is 19.6 Å². The van der Waals surface area contributed by atoms with Crippen molar-refractivity contribution in [2.45, 2.75) is 39.0 Å². The van der Waals surface area contributed by atoms with E-state index in [9.17, 15) is 13.2 Å². The maximum Gasteiger partial charge on any atom is 0.414 e. The van der Waals surface area contributed by atoms with Gasteiger partial charge in [-0.25, -0.2) is 0 Å². The van der Waals surface area contributed by atoms with Gasteiger partial charge in [-0.15, -0.1) is 0 Å². The molecule has 14 heavy (non-hydrogen) atoms. The van der Waals surface area contributed by atoms with Gasteiger partial charge in [-0.05, 0) is 25.9 Å². The number of rotatable bonds is 6. The van der Waals surface area contributed by atoms with E-state index in [4.69, 9.17) is 5.11 Å². The molecule has 2 nitrogen and oxygen atoms in total. The summed E-state index contributed by atoms with van der Waals surface area (Å²) < 4.78 is 35.8. The maximum absolute atomic E-state index is 11.9. The zero-order chi connectivity index (χ0) is 11.2. The molecule has 0 amide bonds. The number of aliphatic hydroxyl groups excluding tert-OH is 1. The first-order valence-corrected chi connectivity index (χ1v) is 4.88. The fourth-order valence-electron chi connectivity index (χ4n) is 1.21. The van der Waals surface area contributed by atoms with Crippen LogP contribution < -0.4 is 0 Å². The minimum absolute atomic E-state index is 0.239. The van der Waals surface area contributed by atoms with Gasteiger partial charge in [-0.2, -0.15) is 13.2 Å². The van der Waals surface area contributed by atoms with E-state index in [0.717, 1.165) is 19.5 Å². The standard InChI is InChI=1S/C9H18F3NO/c1-3-6-13(4-2)7-5-8(14)9(10,11)12/h8,14H,3-7H2,1-2H3. The van der Waals surface area contributed by atoms with Crippen molar-refractivity contribution in [3.63, 3.8) is 0 Å². The molecule has 0 saturated heterocycles. The van der Waals surface area contributed by atoms with Gasteiger partial charge in [-0.3, -0.25) is 0 Å². The number of alkyl halides is 3. The summed E-state index contributed by atoms with van der Waals surface area (Å²) in [6.07, 6.45) is -5.99. The van der Waals surface area contributed by atoms with Gasteiger partial charge in [-0.1, -0.05) is 13.8 Å². The second-order valence-electron chi connectivity index (χ2n) is 3.28. The Kier molecular flexibility index (Phi) is 6.11. The number of hydrogen-bond donors (Lipinski definition) is 1. The normalized spacial score (nSPS) is 14.8. The Bertz CT molecular complexity index is 149. The van der Waals surface area contributed by atoms with Crippen molar-refractivity contribution in [1.29, 1.82) is 0 Å². The van der Waals surface area contributed by atoms with Crippen LogP contribution >= 0.6 is 0 Å². The van der Waals surface area contributed by atoms with Crippen LogP contribution in [0, 0.1) is 0 Å². The lowest BCUT2D eigenvalue weighted by Crippen LogP contribution is -2.34. The lowest BCUT2D eigenvalue weighted by Gasteiger charge is -2.22. The molecule has 1 atom stereocenters. The molecule has 0 radical (unpaired) electrons. The van der Waals surface area contributed by atoms with E-state index in [1.54, 1.807) is 0 Å². The van der Waals surface area contributed by atoms with Gasteiger partial charge in [0.1, 0.15) is 0 Å². The van der Waals surface area contributed by atoms with Crippen LogP contribution in [-0.2, 0) is 0 Å². The summed E-state index contributed by atoms with van der Waals surface area (Å²) in [6.45, 7) is 5.67. The van der Waals surface area contributed by atoms with E-state index in [0.29, 0.717) is 6.54 Å². The highest BCUT2D eigenvalue weighted by Crippen LogP contribution is 2.22. The summed E-state index contributed by atoms with van der Waals surface area (Å²) in [5.74, 6) is 0. The molecule has 0 spiro atoms. The summed E-state index contributed by atoms with van der Waals surface area (Å²) in [5, 5.41) is 8.75. The molecule has 1 N–H and O–H groups in total. The van der Waals surface area contributed by atoms with E-state index in [2.05, 4.69) is 0 Å². The number of hydrogen-bond acceptors (Lipinski definition) is 2. The molecule has 0 aromatic carbocycles. The Labute approximate surface area is 82.7 Å². The maximum atomic E-state index is 11.9. The minimum Gasteiger partial charge on any atom is -0.384 e. The second kappa shape index (κ2) is 6.24. The van der Waals surface area contributed by atoms with Crippen molar-refractivity contribution in [1.82, 2.24) is 4.90 Å². The molecule has 0 fully saturated rings. The van der Waals surface area contributed by atoms with Gasteiger partial charge in [0.15, 0.2) is 6.10 Å². The average molecular weight is 213 g/mol. The van der Waals surface area contributed by atoms with Gasteiger partial charge in [0.2, 0.25) is 0 Å². The van der Waals surface area contributed by atoms with Gasteiger partial charge in [0.25, 0.3) is 0 Å². The van der Waals surface area contributed by atoms with E-state index in [1.807, 2.05) is 18.7 Å². The predicted octanol–water partition coefficient (Wildman–Crippen LogP) is 2.03. The fraction of sp³-hybridized carbons (Fsp3) is 1.00. The van der Waals surface area contributed by atoms with Crippen LogP contribution in [0.5, 0.6) is 0 Å². The lowest BCUT2D eigenvalue weighted by atomic mass is 10.2. The first-order chi connectivity index (χ1) is 6.41. The quantitative estimate of drug-likeness (QED) is 0.729. The molecule has 0 aliphatic carbocycles. The third kappa shape index (κ3) is 5.44. The molecule has 86 valence electrons. The summed E-state index contributed by atoms with van der Waals surface area (Å²) in [7, 11) is 0. The number of halogens is 3. The van der Waals surface area contributed by atoms with Gasteiger partial charge < -0.3 is 10.0 Å². The molecule has 0 bridgehead atoms. The van der Waals surface area contributed by atoms with Crippen molar-refractivity contribution < 1.29 is 18.3 Å². The number of nitrogens with zero attached hydrogens (tertiary/aromatic N) is 1. The molecule has 0 saturated carbocycles. The molecule has 0 rings (SSSR count). The zero-order valence-corrected chi connectivity index (χ0v) is 8.64. The largest absolute Gasteiger partial charge is 0.414 e. The molecule has 0 aromatic heterocycles. The molecule has 5 heteroatoms. The second-order valence-corrected chi connectivity index (χ2v) is 3.28. The van der Waals surface area contributed by atoms with Crippen LogP contribution in [0.2, 0.25) is 0 Å².